The number of oxazole rings is 1. The summed E-state index contributed by atoms with van der Waals surface area (Å²) < 4.78 is 23.4. The first-order valence-electron chi connectivity index (χ1n) is 12.9. The van der Waals surface area contributed by atoms with Gasteiger partial charge in [0.1, 0.15) is 29.6 Å². The number of fused-ring (bicyclic) bond motifs is 2. The van der Waals surface area contributed by atoms with Gasteiger partial charge in [-0.25, -0.2) is 4.98 Å². The lowest BCUT2D eigenvalue weighted by molar-refractivity contribution is -0.137. The van der Waals surface area contributed by atoms with Crippen molar-refractivity contribution in [2.45, 2.75) is 51.7 Å². The third-order valence-electron chi connectivity index (χ3n) is 7.40. The van der Waals surface area contributed by atoms with E-state index in [1.807, 2.05) is 18.2 Å². The maximum absolute atomic E-state index is 11.1. The van der Waals surface area contributed by atoms with Crippen LogP contribution in [0.4, 0.5) is 0 Å². The molecular formula is C31H29NO6. The van der Waals surface area contributed by atoms with E-state index < -0.39 is 5.97 Å². The minimum absolute atomic E-state index is 0.0526. The van der Waals surface area contributed by atoms with E-state index in [0.717, 1.165) is 46.8 Å². The maximum Gasteiger partial charge on any atom is 0.304 e. The number of aromatic nitrogens is 1. The molecule has 194 valence electrons. The molecule has 38 heavy (non-hydrogen) atoms. The SMILES string of the molecule is Cc1cc(OCc2ncco2)cc(C)c1-c1cccc2c1CC[C@H]2Oc1ccc2c(c1)OC[C@H]2CC(=O)O. The summed E-state index contributed by atoms with van der Waals surface area (Å²) in [5, 5.41) is 9.16. The highest BCUT2D eigenvalue weighted by atomic mass is 16.5. The molecule has 0 saturated carbocycles. The smallest absolute Gasteiger partial charge is 0.304 e. The summed E-state index contributed by atoms with van der Waals surface area (Å²) in [6.45, 7) is 4.91. The number of hydrogen-bond donors (Lipinski definition) is 1. The van der Waals surface area contributed by atoms with Crippen molar-refractivity contribution in [3.8, 4) is 28.4 Å². The second-order valence-electron chi connectivity index (χ2n) is 9.97. The number of rotatable bonds is 8. The largest absolute Gasteiger partial charge is 0.492 e. The second-order valence-corrected chi connectivity index (χ2v) is 9.97. The average Bonchev–Trinajstić information content (AvgIpc) is 3.64. The normalized spacial score (nSPS) is 17.5. The lowest BCUT2D eigenvalue weighted by Gasteiger charge is -2.18. The summed E-state index contributed by atoms with van der Waals surface area (Å²) in [6.07, 6.45) is 4.99. The molecule has 2 aliphatic rings. The monoisotopic (exact) mass is 511 g/mol. The van der Waals surface area contributed by atoms with Crippen LogP contribution in [0, 0.1) is 13.8 Å². The molecule has 6 rings (SSSR count). The second kappa shape index (κ2) is 9.89. The molecule has 0 radical (unpaired) electrons. The number of carboxylic acids is 1. The van der Waals surface area contributed by atoms with Crippen LogP contribution in [0.1, 0.15) is 58.6 Å². The molecule has 3 aromatic carbocycles. The standard InChI is InChI=1S/C31H29NO6/c1-18-12-22(36-17-29-32-10-11-35-29)13-19(2)31(18)26-5-3-4-25-24(26)8-9-27(25)38-21-6-7-23-20(14-30(33)34)16-37-28(23)15-21/h3-7,10-13,15,20,27H,8-9,14,16-17H2,1-2H3,(H,33,34)/t20-,27-/m1/s1. The molecule has 7 nitrogen and oxygen atoms in total. The summed E-state index contributed by atoms with van der Waals surface area (Å²) in [7, 11) is 0. The molecule has 7 heteroatoms. The molecule has 1 aromatic heterocycles. The van der Waals surface area contributed by atoms with Crippen LogP contribution in [0.25, 0.3) is 11.1 Å². The van der Waals surface area contributed by atoms with Gasteiger partial charge in [-0.15, -0.1) is 0 Å². The van der Waals surface area contributed by atoms with E-state index in [4.69, 9.17) is 23.7 Å². The van der Waals surface area contributed by atoms with Gasteiger partial charge in [0.15, 0.2) is 6.61 Å². The highest BCUT2D eigenvalue weighted by molar-refractivity contribution is 5.76. The summed E-state index contributed by atoms with van der Waals surface area (Å²) in [6, 6.07) is 16.3. The number of carbonyl (C=O) groups is 1. The van der Waals surface area contributed by atoms with E-state index in [9.17, 15) is 4.79 Å². The Morgan fingerprint density at radius 2 is 1.92 bits per heavy atom. The number of benzene rings is 3. The number of aryl methyl sites for hydroxylation is 2. The highest BCUT2D eigenvalue weighted by Gasteiger charge is 2.30. The van der Waals surface area contributed by atoms with Gasteiger partial charge in [-0.3, -0.25) is 4.79 Å². The van der Waals surface area contributed by atoms with Crippen molar-refractivity contribution in [1.82, 2.24) is 4.98 Å². The van der Waals surface area contributed by atoms with Crippen molar-refractivity contribution >= 4 is 5.97 Å². The van der Waals surface area contributed by atoms with Crippen molar-refractivity contribution in [3.05, 3.63) is 94.7 Å². The molecule has 0 spiro atoms. The van der Waals surface area contributed by atoms with Crippen LogP contribution < -0.4 is 14.2 Å². The van der Waals surface area contributed by atoms with Gasteiger partial charge < -0.3 is 23.7 Å². The van der Waals surface area contributed by atoms with Crippen LogP contribution in [-0.2, 0) is 17.8 Å². The molecule has 1 aliphatic heterocycles. The fourth-order valence-electron chi connectivity index (χ4n) is 5.75. The summed E-state index contributed by atoms with van der Waals surface area (Å²) in [4.78, 5) is 15.3. The molecule has 1 N–H and O–H groups in total. The Hall–Kier alpha value is -4.26. The third kappa shape index (κ3) is 4.60. The molecule has 0 saturated heterocycles. The summed E-state index contributed by atoms with van der Waals surface area (Å²) in [5.41, 5.74) is 8.21. The van der Waals surface area contributed by atoms with E-state index in [1.165, 1.54) is 22.3 Å². The van der Waals surface area contributed by atoms with E-state index in [-0.39, 0.29) is 18.4 Å². The quantitative estimate of drug-likeness (QED) is 0.287. The van der Waals surface area contributed by atoms with Crippen LogP contribution in [0.15, 0.2) is 65.4 Å². The Labute approximate surface area is 221 Å². The van der Waals surface area contributed by atoms with Crippen LogP contribution in [0.3, 0.4) is 0 Å². The van der Waals surface area contributed by atoms with Crippen molar-refractivity contribution in [2.24, 2.45) is 0 Å². The Morgan fingerprint density at radius 3 is 2.68 bits per heavy atom. The maximum atomic E-state index is 11.1. The van der Waals surface area contributed by atoms with Crippen molar-refractivity contribution in [3.63, 3.8) is 0 Å². The van der Waals surface area contributed by atoms with Gasteiger partial charge in [0, 0.05) is 17.5 Å². The zero-order valence-electron chi connectivity index (χ0n) is 21.4. The molecule has 0 fully saturated rings. The first kappa shape index (κ1) is 24.1. The van der Waals surface area contributed by atoms with Crippen molar-refractivity contribution in [1.29, 1.82) is 0 Å². The average molecular weight is 512 g/mol. The fourth-order valence-corrected chi connectivity index (χ4v) is 5.75. The molecule has 0 bridgehead atoms. The molecule has 0 unspecified atom stereocenters. The number of ether oxygens (including phenoxy) is 3. The molecule has 2 atom stereocenters. The molecule has 1 aliphatic carbocycles. The Balaban J connectivity index is 1.22. The number of carboxylic acid groups (broad SMARTS) is 1. The number of nitrogens with zero attached hydrogens (tertiary/aromatic N) is 1. The van der Waals surface area contributed by atoms with Gasteiger partial charge >= 0.3 is 5.97 Å². The predicted molar refractivity (Wildman–Crippen MR) is 141 cm³/mol. The fraction of sp³-hybridized carbons (Fsp3) is 0.290. The lowest BCUT2D eigenvalue weighted by Crippen LogP contribution is -2.07. The van der Waals surface area contributed by atoms with Crippen molar-refractivity contribution < 1.29 is 28.5 Å². The minimum atomic E-state index is -0.816. The molecule has 2 heterocycles. The molecule has 4 aromatic rings. The van der Waals surface area contributed by atoms with Crippen LogP contribution in [0.2, 0.25) is 0 Å². The van der Waals surface area contributed by atoms with Crippen LogP contribution >= 0.6 is 0 Å². The number of aliphatic carboxylic acids is 1. The Bertz CT molecular complexity index is 1470. The van der Waals surface area contributed by atoms with Crippen molar-refractivity contribution in [2.75, 3.05) is 6.61 Å². The van der Waals surface area contributed by atoms with Gasteiger partial charge in [-0.2, -0.15) is 0 Å². The zero-order valence-corrected chi connectivity index (χ0v) is 21.4. The van der Waals surface area contributed by atoms with Gasteiger partial charge in [0.25, 0.3) is 0 Å². The Morgan fingerprint density at radius 1 is 1.08 bits per heavy atom. The molecule has 0 amide bonds. The lowest BCUT2D eigenvalue weighted by atomic mass is 9.90. The van der Waals surface area contributed by atoms with Gasteiger partial charge in [-0.05, 0) is 78.3 Å². The minimum Gasteiger partial charge on any atom is -0.492 e. The zero-order chi connectivity index (χ0) is 26.2. The van der Waals surface area contributed by atoms with E-state index in [0.29, 0.717) is 19.1 Å². The summed E-state index contributed by atoms with van der Waals surface area (Å²) >= 11 is 0. The number of hydrogen-bond acceptors (Lipinski definition) is 6. The van der Waals surface area contributed by atoms with Gasteiger partial charge in [-0.1, -0.05) is 24.3 Å². The summed E-state index contributed by atoms with van der Waals surface area (Å²) in [5.74, 6) is 1.87. The van der Waals surface area contributed by atoms with E-state index in [2.05, 4.69) is 49.2 Å². The third-order valence-corrected chi connectivity index (χ3v) is 7.40. The predicted octanol–water partition coefficient (Wildman–Crippen LogP) is 6.55. The first-order valence-corrected chi connectivity index (χ1v) is 12.9. The highest BCUT2D eigenvalue weighted by Crippen LogP contribution is 2.44. The van der Waals surface area contributed by atoms with Gasteiger partial charge in [0.2, 0.25) is 5.89 Å². The van der Waals surface area contributed by atoms with E-state index in [1.54, 1.807) is 12.5 Å². The van der Waals surface area contributed by atoms with E-state index >= 15 is 0 Å². The molecular weight excluding hydrogens is 482 g/mol. The van der Waals surface area contributed by atoms with Crippen LogP contribution in [0.5, 0.6) is 17.2 Å². The Kier molecular flexibility index (Phi) is 6.27. The topological polar surface area (TPSA) is 91.0 Å². The van der Waals surface area contributed by atoms with Gasteiger partial charge in [0.05, 0.1) is 19.2 Å². The first-order chi connectivity index (χ1) is 18.5. The van der Waals surface area contributed by atoms with Crippen LogP contribution in [-0.4, -0.2) is 22.7 Å².